The maximum absolute atomic E-state index is 13.2. The summed E-state index contributed by atoms with van der Waals surface area (Å²) in [6, 6.07) is 6.22. The molecule has 2 rings (SSSR count). The molecule has 0 fully saturated rings. The van der Waals surface area contributed by atoms with Gasteiger partial charge in [0.2, 0.25) is 11.9 Å². The summed E-state index contributed by atoms with van der Waals surface area (Å²) in [6.45, 7) is 4.00. The highest BCUT2D eigenvalue weighted by Crippen LogP contribution is 2.20. The average molecular weight is 477 g/mol. The Hall–Kier alpha value is -3.31. The normalized spacial score (nSPS) is 10.0. The fraction of sp³-hybridized carbons (Fsp3) is 0.111. The van der Waals surface area contributed by atoms with E-state index in [-0.39, 0.29) is 33.1 Å². The number of nitrogens with zero attached hydrogens (tertiary/aromatic N) is 4. The van der Waals surface area contributed by atoms with Gasteiger partial charge in [-0.15, -0.1) is 10.2 Å². The molecule has 0 atom stereocenters. The molecule has 168 valence electrons. The van der Waals surface area contributed by atoms with Crippen LogP contribution in [0.1, 0.15) is 25.0 Å². The Bertz CT molecular complexity index is 971. The number of hydrogen-bond donors (Lipinski definition) is 4. The molecule has 2 aromatic rings. The van der Waals surface area contributed by atoms with E-state index < -0.39 is 17.5 Å². The van der Waals surface area contributed by atoms with Crippen LogP contribution in [0, 0.1) is 17.5 Å². The van der Waals surface area contributed by atoms with Crippen LogP contribution >= 0.6 is 23.2 Å². The van der Waals surface area contributed by atoms with Crippen molar-refractivity contribution >= 4 is 47.6 Å². The summed E-state index contributed by atoms with van der Waals surface area (Å²) in [4.78, 5) is 0. The predicted molar refractivity (Wildman–Crippen MR) is 121 cm³/mol. The van der Waals surface area contributed by atoms with Gasteiger partial charge in [0.25, 0.3) is 0 Å². The van der Waals surface area contributed by atoms with E-state index in [1.165, 1.54) is 18.3 Å². The molecule has 2 aromatic carbocycles. The number of rotatable bonds is 4. The molecule has 0 heterocycles. The lowest BCUT2D eigenvalue weighted by Crippen LogP contribution is -2.21. The van der Waals surface area contributed by atoms with E-state index >= 15 is 0 Å². The zero-order chi connectivity index (χ0) is 24.0. The second-order valence-corrected chi connectivity index (χ2v) is 5.76. The van der Waals surface area contributed by atoms with E-state index in [0.717, 1.165) is 12.3 Å². The summed E-state index contributed by atoms with van der Waals surface area (Å²) < 4.78 is 38.8. The molecular weight excluding hydrogens is 456 g/mol. The molecule has 0 saturated heterocycles. The summed E-state index contributed by atoms with van der Waals surface area (Å²) in [5, 5.41) is 13.2. The minimum atomic E-state index is -0.872. The van der Waals surface area contributed by atoms with E-state index in [1.54, 1.807) is 6.07 Å². The van der Waals surface area contributed by atoms with Gasteiger partial charge >= 0.3 is 0 Å². The minimum Gasteiger partial charge on any atom is -0.369 e. The maximum Gasteiger partial charge on any atom is 0.211 e. The molecule has 8 N–H and O–H groups in total. The predicted octanol–water partition coefficient (Wildman–Crippen LogP) is 3.34. The van der Waals surface area contributed by atoms with Crippen LogP contribution in [0.25, 0.3) is 0 Å². The second kappa shape index (κ2) is 14.6. The Morgan fingerprint density at radius 3 is 1.87 bits per heavy atom. The van der Waals surface area contributed by atoms with Gasteiger partial charge in [-0.25, -0.2) is 13.2 Å². The first-order chi connectivity index (χ1) is 14.6. The molecule has 0 aliphatic rings. The minimum absolute atomic E-state index is 0.0265. The first-order valence-corrected chi connectivity index (χ1v) is 9.20. The molecule has 0 unspecified atom stereocenters. The Balaban J connectivity index is 0.000000539. The lowest BCUT2D eigenvalue weighted by molar-refractivity contribution is 0.583. The number of benzene rings is 2. The largest absolute Gasteiger partial charge is 0.369 e. The van der Waals surface area contributed by atoms with Gasteiger partial charge in [0.1, 0.15) is 11.6 Å². The summed E-state index contributed by atoms with van der Waals surface area (Å²) in [5.74, 6) is -2.64. The number of halogens is 5. The zero-order valence-corrected chi connectivity index (χ0v) is 18.0. The highest BCUT2D eigenvalue weighted by atomic mass is 35.5. The lowest BCUT2D eigenvalue weighted by atomic mass is 10.2. The highest BCUT2D eigenvalue weighted by Gasteiger charge is 2.07. The van der Waals surface area contributed by atoms with Gasteiger partial charge in [-0.2, -0.15) is 10.2 Å². The quantitative estimate of drug-likeness (QED) is 0.231. The average Bonchev–Trinajstić information content (AvgIpc) is 2.70. The monoisotopic (exact) mass is 476 g/mol. The zero-order valence-electron chi connectivity index (χ0n) is 16.5. The number of nitrogens with two attached hydrogens (primary N) is 4. The fourth-order valence-electron chi connectivity index (χ4n) is 1.61. The van der Waals surface area contributed by atoms with E-state index in [0.29, 0.717) is 6.07 Å². The van der Waals surface area contributed by atoms with Gasteiger partial charge < -0.3 is 22.9 Å². The standard InChI is InChI=1S/C8H7ClF2N4.C8H8ClFN4.C2H6/c9-7-4(3-14-15-8(12)13)1-5(10)2-6(7)11;9-6-3-1-2-5(7(6)10)4-13-14-8(11)12;1-2/h1-3H,(H4,12,13,15);1-4H,(H4,11,12,14);1-2H3/b14-3+;13-4+;. The maximum atomic E-state index is 13.2. The molecule has 13 heteroatoms. The molecule has 0 aliphatic carbocycles. The van der Waals surface area contributed by atoms with Crippen LogP contribution < -0.4 is 22.9 Å². The molecule has 8 nitrogen and oxygen atoms in total. The van der Waals surface area contributed by atoms with Crippen LogP contribution in [0.15, 0.2) is 50.7 Å². The van der Waals surface area contributed by atoms with Crippen molar-refractivity contribution < 1.29 is 13.2 Å². The Morgan fingerprint density at radius 1 is 0.839 bits per heavy atom. The molecule has 0 amide bonds. The van der Waals surface area contributed by atoms with Gasteiger partial charge in [0.15, 0.2) is 5.82 Å². The molecular formula is C18H21Cl2F3N8. The summed E-state index contributed by atoms with van der Waals surface area (Å²) >= 11 is 11.1. The van der Waals surface area contributed by atoms with Crippen molar-refractivity contribution in [1.29, 1.82) is 0 Å². The van der Waals surface area contributed by atoms with Crippen molar-refractivity contribution in [2.75, 3.05) is 0 Å². The van der Waals surface area contributed by atoms with Crippen molar-refractivity contribution in [3.8, 4) is 0 Å². The van der Waals surface area contributed by atoms with Crippen molar-refractivity contribution in [3.63, 3.8) is 0 Å². The first kappa shape index (κ1) is 27.7. The first-order valence-electron chi connectivity index (χ1n) is 8.44. The van der Waals surface area contributed by atoms with Gasteiger partial charge in [-0.1, -0.05) is 49.2 Å². The SMILES string of the molecule is CC.NC(N)=N/N=C/c1cc(F)cc(F)c1Cl.NC(N)=N/N=C/c1cccc(Cl)c1F. The van der Waals surface area contributed by atoms with Gasteiger partial charge in [0, 0.05) is 17.2 Å². The second-order valence-electron chi connectivity index (χ2n) is 4.97. The Morgan fingerprint density at radius 2 is 1.35 bits per heavy atom. The topological polar surface area (TPSA) is 154 Å². The van der Waals surface area contributed by atoms with Crippen molar-refractivity contribution in [2.24, 2.45) is 43.3 Å². The van der Waals surface area contributed by atoms with Crippen LogP contribution in [0.5, 0.6) is 0 Å². The van der Waals surface area contributed by atoms with Crippen LogP contribution in [0.3, 0.4) is 0 Å². The molecule has 31 heavy (non-hydrogen) atoms. The van der Waals surface area contributed by atoms with Crippen molar-refractivity contribution in [1.82, 2.24) is 0 Å². The summed E-state index contributed by atoms with van der Waals surface area (Å²) in [7, 11) is 0. The van der Waals surface area contributed by atoms with Crippen LogP contribution in [0.4, 0.5) is 13.2 Å². The number of hydrogen-bond acceptors (Lipinski definition) is 4. The van der Waals surface area contributed by atoms with E-state index in [2.05, 4.69) is 20.4 Å². The fourth-order valence-corrected chi connectivity index (χ4v) is 1.95. The Labute approximate surface area is 187 Å². The molecule has 0 bridgehead atoms. The van der Waals surface area contributed by atoms with E-state index in [9.17, 15) is 13.2 Å². The third-order valence-electron chi connectivity index (χ3n) is 2.74. The Kier molecular flexibility index (Phi) is 13.1. The van der Waals surface area contributed by atoms with Crippen molar-refractivity contribution in [3.05, 3.63) is 69.0 Å². The van der Waals surface area contributed by atoms with E-state index in [1.807, 2.05) is 13.8 Å². The van der Waals surface area contributed by atoms with E-state index in [4.69, 9.17) is 46.1 Å². The van der Waals surface area contributed by atoms with Gasteiger partial charge in [0.05, 0.1) is 22.5 Å². The molecule has 0 spiro atoms. The molecule has 0 aromatic heterocycles. The van der Waals surface area contributed by atoms with Gasteiger partial charge in [-0.3, -0.25) is 0 Å². The number of guanidine groups is 2. The highest BCUT2D eigenvalue weighted by molar-refractivity contribution is 6.33. The smallest absolute Gasteiger partial charge is 0.211 e. The van der Waals surface area contributed by atoms with Crippen molar-refractivity contribution in [2.45, 2.75) is 13.8 Å². The van der Waals surface area contributed by atoms with Crippen LogP contribution in [-0.2, 0) is 0 Å². The van der Waals surface area contributed by atoms with Crippen LogP contribution in [0.2, 0.25) is 10.0 Å². The third-order valence-corrected chi connectivity index (χ3v) is 3.43. The summed E-state index contributed by atoms with van der Waals surface area (Å²) in [6.07, 6.45) is 2.23. The summed E-state index contributed by atoms with van der Waals surface area (Å²) in [5.41, 5.74) is 20.3. The van der Waals surface area contributed by atoms with Gasteiger partial charge in [-0.05, 0) is 12.1 Å². The lowest BCUT2D eigenvalue weighted by Gasteiger charge is -1.98. The third kappa shape index (κ3) is 10.9. The molecule has 0 radical (unpaired) electrons. The van der Waals surface area contributed by atoms with Crippen LogP contribution in [-0.4, -0.2) is 24.3 Å². The molecule has 0 saturated carbocycles. The molecule has 0 aliphatic heterocycles.